The third-order valence-corrected chi connectivity index (χ3v) is 6.27. The number of fused-ring (bicyclic) bond motifs is 1. The normalized spacial score (nSPS) is 15.3. The van der Waals surface area contributed by atoms with Gasteiger partial charge < -0.3 is 4.74 Å². The number of piperidine rings is 1. The molecule has 5 rings (SSSR count). The van der Waals surface area contributed by atoms with Crippen LogP contribution in [0.25, 0.3) is 22.0 Å². The zero-order valence-electron chi connectivity index (χ0n) is 17.9. The Hall–Kier alpha value is -3.24. The van der Waals surface area contributed by atoms with Crippen LogP contribution < -0.4 is 4.74 Å². The van der Waals surface area contributed by atoms with Gasteiger partial charge in [-0.25, -0.2) is 4.98 Å². The SMILES string of the molecule is COc1ccc2cccc(C3CCN(Cc4cncc(-c5ccccc5)c4)CC3)c2n1. The molecule has 2 aromatic heterocycles. The maximum absolute atomic E-state index is 5.36. The van der Waals surface area contributed by atoms with E-state index in [-0.39, 0.29) is 0 Å². The molecule has 31 heavy (non-hydrogen) atoms. The third-order valence-electron chi connectivity index (χ3n) is 6.27. The molecule has 1 fully saturated rings. The van der Waals surface area contributed by atoms with Crippen molar-refractivity contribution in [3.05, 3.63) is 90.3 Å². The summed E-state index contributed by atoms with van der Waals surface area (Å²) in [5, 5.41) is 1.18. The Bertz CT molecular complexity index is 1170. The summed E-state index contributed by atoms with van der Waals surface area (Å²) in [6.45, 7) is 3.11. The molecule has 3 heterocycles. The Morgan fingerprint density at radius 1 is 0.903 bits per heavy atom. The van der Waals surface area contributed by atoms with E-state index in [1.165, 1.54) is 27.6 Å². The van der Waals surface area contributed by atoms with E-state index in [9.17, 15) is 0 Å². The second-order valence-corrected chi connectivity index (χ2v) is 8.27. The van der Waals surface area contributed by atoms with Crippen molar-refractivity contribution in [2.45, 2.75) is 25.3 Å². The van der Waals surface area contributed by atoms with Gasteiger partial charge in [0.25, 0.3) is 0 Å². The number of hydrogen-bond donors (Lipinski definition) is 0. The average molecular weight is 410 g/mol. The minimum Gasteiger partial charge on any atom is -0.481 e. The van der Waals surface area contributed by atoms with Crippen molar-refractivity contribution in [1.82, 2.24) is 14.9 Å². The molecule has 4 heteroatoms. The molecule has 0 amide bonds. The zero-order chi connectivity index (χ0) is 21.0. The lowest BCUT2D eigenvalue weighted by atomic mass is 9.88. The fourth-order valence-corrected chi connectivity index (χ4v) is 4.62. The summed E-state index contributed by atoms with van der Waals surface area (Å²) < 4.78 is 5.36. The first kappa shape index (κ1) is 19.7. The van der Waals surface area contributed by atoms with Crippen LogP contribution in [0.15, 0.2) is 79.1 Å². The Kier molecular flexibility index (Phi) is 5.63. The van der Waals surface area contributed by atoms with Crippen LogP contribution in [0.3, 0.4) is 0 Å². The van der Waals surface area contributed by atoms with Crippen molar-refractivity contribution in [1.29, 1.82) is 0 Å². The highest BCUT2D eigenvalue weighted by atomic mass is 16.5. The fraction of sp³-hybridized carbons (Fsp3) is 0.259. The van der Waals surface area contributed by atoms with Crippen molar-refractivity contribution < 1.29 is 4.74 Å². The highest BCUT2D eigenvalue weighted by Crippen LogP contribution is 2.33. The van der Waals surface area contributed by atoms with Gasteiger partial charge in [-0.1, -0.05) is 48.5 Å². The number of rotatable bonds is 5. The number of para-hydroxylation sites is 1. The molecule has 0 spiro atoms. The Morgan fingerprint density at radius 2 is 1.74 bits per heavy atom. The van der Waals surface area contributed by atoms with Gasteiger partial charge in [0.1, 0.15) is 0 Å². The van der Waals surface area contributed by atoms with Crippen LogP contribution in [0.1, 0.15) is 29.9 Å². The van der Waals surface area contributed by atoms with Crippen molar-refractivity contribution in [3.8, 4) is 17.0 Å². The van der Waals surface area contributed by atoms with Crippen LogP contribution in [0, 0.1) is 0 Å². The van der Waals surface area contributed by atoms with Crippen LogP contribution in [0.5, 0.6) is 5.88 Å². The van der Waals surface area contributed by atoms with Crippen molar-refractivity contribution in [3.63, 3.8) is 0 Å². The van der Waals surface area contributed by atoms with Gasteiger partial charge in [-0.05, 0) is 60.7 Å². The van der Waals surface area contributed by atoms with Gasteiger partial charge in [0.05, 0.1) is 12.6 Å². The fourth-order valence-electron chi connectivity index (χ4n) is 4.62. The number of hydrogen-bond acceptors (Lipinski definition) is 4. The number of aromatic nitrogens is 2. The molecular formula is C27H27N3O. The Labute approximate surface area is 183 Å². The van der Waals surface area contributed by atoms with Crippen LogP contribution in [0.4, 0.5) is 0 Å². The molecule has 0 bridgehead atoms. The molecule has 0 N–H and O–H groups in total. The van der Waals surface area contributed by atoms with Crippen LogP contribution in [-0.4, -0.2) is 35.1 Å². The number of benzene rings is 2. The maximum Gasteiger partial charge on any atom is 0.213 e. The lowest BCUT2D eigenvalue weighted by molar-refractivity contribution is 0.205. The molecule has 1 aliphatic rings. The summed E-state index contributed by atoms with van der Waals surface area (Å²) in [4.78, 5) is 11.8. The number of methoxy groups -OCH3 is 1. The van der Waals surface area contributed by atoms with Gasteiger partial charge >= 0.3 is 0 Å². The van der Waals surface area contributed by atoms with Crippen LogP contribution >= 0.6 is 0 Å². The standard InChI is InChI=1S/C27H27N3O/c1-31-26-11-10-23-8-5-9-25(27(23)29-26)22-12-14-30(15-13-22)19-20-16-24(18-28-17-20)21-6-3-2-4-7-21/h2-11,16-18,22H,12-15,19H2,1H3. The molecule has 1 saturated heterocycles. The first-order valence-corrected chi connectivity index (χ1v) is 11.0. The van der Waals surface area contributed by atoms with Gasteiger partial charge in [0.2, 0.25) is 5.88 Å². The molecule has 0 saturated carbocycles. The molecule has 0 atom stereocenters. The minimum atomic E-state index is 0.535. The summed E-state index contributed by atoms with van der Waals surface area (Å²) in [6, 6.07) is 23.3. The molecule has 4 aromatic rings. The Balaban J connectivity index is 1.28. The van der Waals surface area contributed by atoms with E-state index in [0.29, 0.717) is 11.8 Å². The first-order chi connectivity index (χ1) is 15.3. The van der Waals surface area contributed by atoms with E-state index in [1.54, 1.807) is 7.11 Å². The van der Waals surface area contributed by atoms with E-state index in [1.807, 2.05) is 24.5 Å². The maximum atomic E-state index is 5.36. The number of nitrogens with zero attached hydrogens (tertiary/aromatic N) is 3. The molecule has 1 aliphatic heterocycles. The van der Waals surface area contributed by atoms with Crippen molar-refractivity contribution >= 4 is 10.9 Å². The number of pyridine rings is 2. The number of likely N-dealkylation sites (tertiary alicyclic amines) is 1. The second-order valence-electron chi connectivity index (χ2n) is 8.27. The van der Waals surface area contributed by atoms with E-state index < -0.39 is 0 Å². The highest BCUT2D eigenvalue weighted by Gasteiger charge is 2.23. The predicted octanol–water partition coefficient (Wildman–Crippen LogP) is 5.69. The molecule has 156 valence electrons. The van der Waals surface area contributed by atoms with Gasteiger partial charge in [-0.2, -0.15) is 0 Å². The molecule has 2 aromatic carbocycles. The molecular weight excluding hydrogens is 382 g/mol. The summed E-state index contributed by atoms with van der Waals surface area (Å²) in [5.74, 6) is 1.22. The topological polar surface area (TPSA) is 38.2 Å². The quantitative estimate of drug-likeness (QED) is 0.425. The van der Waals surface area contributed by atoms with Gasteiger partial charge in [0.15, 0.2) is 0 Å². The Morgan fingerprint density at radius 3 is 2.55 bits per heavy atom. The summed E-state index contributed by atoms with van der Waals surface area (Å²) in [6.07, 6.45) is 6.24. The number of ether oxygens (including phenoxy) is 1. The van der Waals surface area contributed by atoms with E-state index >= 15 is 0 Å². The van der Waals surface area contributed by atoms with Crippen LogP contribution in [-0.2, 0) is 6.54 Å². The summed E-state index contributed by atoms with van der Waals surface area (Å²) in [5.41, 5.74) is 6.11. The van der Waals surface area contributed by atoms with E-state index in [0.717, 1.165) is 38.0 Å². The van der Waals surface area contributed by atoms with Gasteiger partial charge in [0, 0.05) is 36.0 Å². The molecule has 0 unspecified atom stereocenters. The second kappa shape index (κ2) is 8.86. The van der Waals surface area contributed by atoms with E-state index in [4.69, 9.17) is 9.72 Å². The smallest absolute Gasteiger partial charge is 0.213 e. The lowest BCUT2D eigenvalue weighted by Gasteiger charge is -2.32. The van der Waals surface area contributed by atoms with E-state index in [2.05, 4.69) is 64.5 Å². The summed E-state index contributed by atoms with van der Waals surface area (Å²) in [7, 11) is 1.68. The zero-order valence-corrected chi connectivity index (χ0v) is 17.9. The van der Waals surface area contributed by atoms with Gasteiger partial charge in [-0.3, -0.25) is 9.88 Å². The summed E-state index contributed by atoms with van der Waals surface area (Å²) >= 11 is 0. The molecule has 0 radical (unpaired) electrons. The average Bonchev–Trinajstić information content (AvgIpc) is 2.84. The van der Waals surface area contributed by atoms with Crippen molar-refractivity contribution in [2.24, 2.45) is 0 Å². The predicted molar refractivity (Wildman–Crippen MR) is 125 cm³/mol. The van der Waals surface area contributed by atoms with Crippen LogP contribution in [0.2, 0.25) is 0 Å². The molecule has 4 nitrogen and oxygen atoms in total. The monoisotopic (exact) mass is 409 g/mol. The van der Waals surface area contributed by atoms with Crippen molar-refractivity contribution in [2.75, 3.05) is 20.2 Å². The largest absolute Gasteiger partial charge is 0.481 e. The minimum absolute atomic E-state index is 0.535. The third kappa shape index (κ3) is 4.30. The lowest BCUT2D eigenvalue weighted by Crippen LogP contribution is -2.32. The molecule has 0 aliphatic carbocycles. The highest BCUT2D eigenvalue weighted by molar-refractivity contribution is 5.82. The first-order valence-electron chi connectivity index (χ1n) is 11.0. The van der Waals surface area contributed by atoms with Gasteiger partial charge in [-0.15, -0.1) is 0 Å².